The van der Waals surface area contributed by atoms with Gasteiger partial charge in [0.15, 0.2) is 0 Å². The number of rotatable bonds is 9. The van der Waals surface area contributed by atoms with Gasteiger partial charge in [0.05, 0.1) is 6.61 Å². The van der Waals surface area contributed by atoms with Gasteiger partial charge in [-0.1, -0.05) is 60.7 Å². The van der Waals surface area contributed by atoms with Crippen LogP contribution in [0.15, 0.2) is 84.9 Å². The fraction of sp³-hybridized carbons (Fsp3) is 0.160. The van der Waals surface area contributed by atoms with Crippen LogP contribution in [0.25, 0.3) is 6.08 Å². The lowest BCUT2D eigenvalue weighted by atomic mass is 10.1. The molecule has 0 aliphatic carbocycles. The van der Waals surface area contributed by atoms with E-state index in [0.717, 1.165) is 16.7 Å². The van der Waals surface area contributed by atoms with Crippen molar-refractivity contribution in [2.45, 2.75) is 20.1 Å². The van der Waals surface area contributed by atoms with Gasteiger partial charge in [-0.25, -0.2) is 4.79 Å². The fourth-order valence-corrected chi connectivity index (χ4v) is 2.69. The van der Waals surface area contributed by atoms with Gasteiger partial charge in [0, 0.05) is 17.7 Å². The molecule has 0 heterocycles. The van der Waals surface area contributed by atoms with Crippen molar-refractivity contribution < 1.29 is 19.0 Å². The van der Waals surface area contributed by atoms with Crippen molar-refractivity contribution in [3.8, 4) is 11.5 Å². The summed E-state index contributed by atoms with van der Waals surface area (Å²) in [6.45, 7) is 3.01. The van der Waals surface area contributed by atoms with Gasteiger partial charge in [-0.05, 0) is 36.3 Å². The maximum absolute atomic E-state index is 11.7. The number of carbonyl (C=O) groups excluding carboxylic acids is 1. The molecular weight excluding hydrogens is 364 g/mol. The standard InChI is InChI=1S/C25H24O4/c1-2-27-25(26)16-14-22-13-15-23(28-18-20-9-5-3-6-10-20)17-24(22)29-19-21-11-7-4-8-12-21/h3-17H,2,18-19H2,1H3. The highest BCUT2D eigenvalue weighted by molar-refractivity contribution is 5.87. The van der Waals surface area contributed by atoms with Gasteiger partial charge in [-0.15, -0.1) is 0 Å². The molecule has 0 aromatic heterocycles. The maximum atomic E-state index is 11.7. The zero-order chi connectivity index (χ0) is 20.3. The molecule has 4 nitrogen and oxygen atoms in total. The third kappa shape index (κ3) is 6.54. The summed E-state index contributed by atoms with van der Waals surface area (Å²) in [6.07, 6.45) is 3.10. The van der Waals surface area contributed by atoms with E-state index in [9.17, 15) is 4.79 Å². The van der Waals surface area contributed by atoms with Crippen LogP contribution in [-0.2, 0) is 22.7 Å². The van der Waals surface area contributed by atoms with Gasteiger partial charge < -0.3 is 14.2 Å². The molecule has 3 rings (SSSR count). The van der Waals surface area contributed by atoms with Crippen molar-refractivity contribution in [1.82, 2.24) is 0 Å². The molecule has 0 saturated carbocycles. The van der Waals surface area contributed by atoms with Crippen LogP contribution < -0.4 is 9.47 Å². The molecule has 0 unspecified atom stereocenters. The number of ether oxygens (including phenoxy) is 3. The van der Waals surface area contributed by atoms with E-state index >= 15 is 0 Å². The summed E-state index contributed by atoms with van der Waals surface area (Å²) in [5.41, 5.74) is 2.93. The van der Waals surface area contributed by atoms with Crippen molar-refractivity contribution in [2.75, 3.05) is 6.61 Å². The molecule has 0 fully saturated rings. The molecule has 3 aromatic carbocycles. The van der Waals surface area contributed by atoms with Gasteiger partial charge in [0.2, 0.25) is 0 Å². The smallest absolute Gasteiger partial charge is 0.330 e. The molecule has 0 radical (unpaired) electrons. The molecule has 0 N–H and O–H groups in total. The molecule has 0 saturated heterocycles. The first-order chi connectivity index (χ1) is 14.2. The van der Waals surface area contributed by atoms with E-state index in [2.05, 4.69) is 0 Å². The lowest BCUT2D eigenvalue weighted by molar-refractivity contribution is -0.137. The van der Waals surface area contributed by atoms with Crippen LogP contribution in [0.5, 0.6) is 11.5 Å². The number of hydrogen-bond donors (Lipinski definition) is 0. The molecule has 148 valence electrons. The largest absolute Gasteiger partial charge is 0.489 e. The van der Waals surface area contributed by atoms with Crippen LogP contribution in [0.4, 0.5) is 0 Å². The quantitative estimate of drug-likeness (QED) is 0.363. The predicted octanol–water partition coefficient (Wildman–Crippen LogP) is 5.42. The van der Waals surface area contributed by atoms with Crippen LogP contribution in [0.2, 0.25) is 0 Å². The first-order valence-corrected chi connectivity index (χ1v) is 9.57. The first-order valence-electron chi connectivity index (χ1n) is 9.57. The number of esters is 1. The van der Waals surface area contributed by atoms with Crippen LogP contribution in [0, 0.1) is 0 Å². The number of hydrogen-bond acceptors (Lipinski definition) is 4. The van der Waals surface area contributed by atoms with E-state index in [-0.39, 0.29) is 5.97 Å². The van der Waals surface area contributed by atoms with E-state index in [1.165, 1.54) is 6.08 Å². The van der Waals surface area contributed by atoms with Gasteiger partial charge in [-0.3, -0.25) is 0 Å². The minimum absolute atomic E-state index is 0.340. The van der Waals surface area contributed by atoms with E-state index in [0.29, 0.717) is 31.3 Å². The van der Waals surface area contributed by atoms with Gasteiger partial charge in [-0.2, -0.15) is 0 Å². The Morgan fingerprint density at radius 1 is 0.828 bits per heavy atom. The van der Waals surface area contributed by atoms with E-state index < -0.39 is 0 Å². The molecule has 29 heavy (non-hydrogen) atoms. The van der Waals surface area contributed by atoms with Crippen LogP contribution in [0.3, 0.4) is 0 Å². The lowest BCUT2D eigenvalue weighted by Crippen LogP contribution is -2.00. The summed E-state index contributed by atoms with van der Waals surface area (Å²) in [7, 11) is 0. The Balaban J connectivity index is 1.75. The van der Waals surface area contributed by atoms with Gasteiger partial charge in [0.25, 0.3) is 0 Å². The SMILES string of the molecule is CCOC(=O)C=Cc1ccc(OCc2ccccc2)cc1OCc1ccccc1. The molecule has 0 bridgehead atoms. The first kappa shape index (κ1) is 20.2. The predicted molar refractivity (Wildman–Crippen MR) is 114 cm³/mol. The molecule has 0 atom stereocenters. The highest BCUT2D eigenvalue weighted by Crippen LogP contribution is 2.27. The average molecular weight is 388 g/mol. The van der Waals surface area contributed by atoms with Crippen molar-refractivity contribution in [2.24, 2.45) is 0 Å². The van der Waals surface area contributed by atoms with Crippen molar-refractivity contribution in [1.29, 1.82) is 0 Å². The second kappa shape index (κ2) is 10.7. The summed E-state index contributed by atoms with van der Waals surface area (Å²) in [5.74, 6) is 0.955. The molecular formula is C25H24O4. The van der Waals surface area contributed by atoms with Crippen molar-refractivity contribution in [3.05, 3.63) is 102 Å². The number of benzene rings is 3. The minimum atomic E-state index is -0.383. The highest BCUT2D eigenvalue weighted by atomic mass is 16.5. The second-order valence-electron chi connectivity index (χ2n) is 6.33. The normalized spacial score (nSPS) is 10.7. The Hall–Kier alpha value is -3.53. The highest BCUT2D eigenvalue weighted by Gasteiger charge is 2.07. The summed E-state index contributed by atoms with van der Waals surface area (Å²) in [5, 5.41) is 0. The van der Waals surface area contributed by atoms with Crippen LogP contribution in [-0.4, -0.2) is 12.6 Å². The topological polar surface area (TPSA) is 44.8 Å². The van der Waals surface area contributed by atoms with E-state index in [1.54, 1.807) is 13.0 Å². The molecule has 0 aliphatic heterocycles. The second-order valence-corrected chi connectivity index (χ2v) is 6.33. The third-order valence-corrected chi connectivity index (χ3v) is 4.16. The summed E-state index contributed by atoms with van der Waals surface area (Å²) in [6, 6.07) is 25.5. The molecule has 0 aliphatic rings. The lowest BCUT2D eigenvalue weighted by Gasteiger charge is -2.13. The monoisotopic (exact) mass is 388 g/mol. The maximum Gasteiger partial charge on any atom is 0.330 e. The Kier molecular flexibility index (Phi) is 7.47. The van der Waals surface area contributed by atoms with E-state index in [4.69, 9.17) is 14.2 Å². The third-order valence-electron chi connectivity index (χ3n) is 4.16. The fourth-order valence-electron chi connectivity index (χ4n) is 2.69. The molecule has 3 aromatic rings. The minimum Gasteiger partial charge on any atom is -0.489 e. The molecule has 0 spiro atoms. The summed E-state index contributed by atoms with van der Waals surface area (Å²) in [4.78, 5) is 11.7. The van der Waals surface area contributed by atoms with E-state index in [1.807, 2.05) is 78.9 Å². The van der Waals surface area contributed by atoms with Crippen LogP contribution in [0.1, 0.15) is 23.6 Å². The molecule has 0 amide bonds. The van der Waals surface area contributed by atoms with Crippen molar-refractivity contribution in [3.63, 3.8) is 0 Å². The summed E-state index contributed by atoms with van der Waals surface area (Å²) < 4.78 is 16.9. The average Bonchev–Trinajstić information content (AvgIpc) is 2.77. The zero-order valence-electron chi connectivity index (χ0n) is 16.4. The summed E-state index contributed by atoms with van der Waals surface area (Å²) >= 11 is 0. The Labute approximate surface area is 171 Å². The Bertz CT molecular complexity index is 934. The van der Waals surface area contributed by atoms with Crippen molar-refractivity contribution >= 4 is 12.0 Å². The van der Waals surface area contributed by atoms with Gasteiger partial charge in [0.1, 0.15) is 24.7 Å². The Morgan fingerprint density at radius 2 is 1.45 bits per heavy atom. The van der Waals surface area contributed by atoms with Crippen LogP contribution >= 0.6 is 0 Å². The van der Waals surface area contributed by atoms with Gasteiger partial charge >= 0.3 is 5.97 Å². The number of carbonyl (C=O) groups is 1. The Morgan fingerprint density at radius 3 is 2.07 bits per heavy atom. The zero-order valence-corrected chi connectivity index (χ0v) is 16.4. The molecule has 4 heteroatoms.